The number of hydrogen-bond donors (Lipinski definition) is 1. The minimum Gasteiger partial charge on any atom is -0.457 e. The summed E-state index contributed by atoms with van der Waals surface area (Å²) >= 11 is 0. The Morgan fingerprint density at radius 1 is 0.792 bits per heavy atom. The van der Waals surface area contributed by atoms with Crippen molar-refractivity contribution in [3.05, 3.63) is 89.5 Å². The van der Waals surface area contributed by atoms with E-state index >= 15 is 0 Å². The molecule has 3 rings (SSSR count). The Labute approximate surface area is 141 Å². The van der Waals surface area contributed by atoms with Gasteiger partial charge in [0.15, 0.2) is 0 Å². The molecule has 0 atom stereocenters. The highest BCUT2D eigenvalue weighted by Gasteiger charge is 2.07. The first-order valence-corrected chi connectivity index (χ1v) is 7.83. The summed E-state index contributed by atoms with van der Waals surface area (Å²) in [5.41, 5.74) is 3.67. The minimum absolute atomic E-state index is 0.116. The van der Waals surface area contributed by atoms with Crippen LogP contribution in [0.2, 0.25) is 0 Å². The Kier molecular flexibility index (Phi) is 4.62. The summed E-state index contributed by atoms with van der Waals surface area (Å²) in [5, 5.41) is 2.90. The molecule has 3 nitrogen and oxygen atoms in total. The predicted octanol–water partition coefficient (Wildman–Crippen LogP) is 5.35. The number of ether oxygens (including phenoxy) is 1. The van der Waals surface area contributed by atoms with E-state index in [1.807, 2.05) is 86.6 Å². The zero-order chi connectivity index (χ0) is 16.9. The van der Waals surface area contributed by atoms with Gasteiger partial charge in [-0.1, -0.05) is 24.3 Å². The maximum absolute atomic E-state index is 12.3. The molecule has 3 aromatic carbocycles. The molecule has 3 aromatic rings. The number of para-hydroxylation sites is 1. The van der Waals surface area contributed by atoms with Gasteiger partial charge < -0.3 is 10.1 Å². The normalized spacial score (nSPS) is 10.2. The van der Waals surface area contributed by atoms with E-state index < -0.39 is 0 Å². The molecular formula is C21H19NO2. The van der Waals surface area contributed by atoms with Crippen LogP contribution in [0.5, 0.6) is 11.5 Å². The van der Waals surface area contributed by atoms with Gasteiger partial charge >= 0.3 is 0 Å². The molecule has 0 fully saturated rings. The lowest BCUT2D eigenvalue weighted by atomic mass is 10.1. The Hall–Kier alpha value is -3.07. The fourth-order valence-electron chi connectivity index (χ4n) is 2.32. The zero-order valence-corrected chi connectivity index (χ0v) is 13.7. The van der Waals surface area contributed by atoms with Gasteiger partial charge in [-0.2, -0.15) is 0 Å². The molecule has 0 heterocycles. The van der Waals surface area contributed by atoms with Crippen LogP contribution in [0.1, 0.15) is 21.5 Å². The van der Waals surface area contributed by atoms with Crippen LogP contribution in [0.3, 0.4) is 0 Å². The summed E-state index contributed by atoms with van der Waals surface area (Å²) < 4.78 is 5.74. The molecule has 1 amide bonds. The molecule has 0 aliphatic carbocycles. The topological polar surface area (TPSA) is 38.3 Å². The van der Waals surface area contributed by atoms with Crippen molar-refractivity contribution < 1.29 is 9.53 Å². The molecule has 0 aliphatic heterocycles. The number of amides is 1. The highest BCUT2D eigenvalue weighted by Crippen LogP contribution is 2.23. The maximum Gasteiger partial charge on any atom is 0.255 e. The van der Waals surface area contributed by atoms with Crippen molar-refractivity contribution in [2.75, 3.05) is 5.32 Å². The Morgan fingerprint density at radius 3 is 2.12 bits per heavy atom. The van der Waals surface area contributed by atoms with Crippen LogP contribution in [0.15, 0.2) is 72.8 Å². The molecule has 0 bridgehead atoms. The van der Waals surface area contributed by atoms with Crippen molar-refractivity contribution >= 4 is 11.6 Å². The van der Waals surface area contributed by atoms with E-state index in [2.05, 4.69) is 5.32 Å². The molecule has 1 N–H and O–H groups in total. The molecule has 0 spiro atoms. The summed E-state index contributed by atoms with van der Waals surface area (Å²) in [4.78, 5) is 12.3. The second-order valence-corrected chi connectivity index (χ2v) is 5.69. The van der Waals surface area contributed by atoms with Gasteiger partial charge in [-0.05, 0) is 73.5 Å². The van der Waals surface area contributed by atoms with E-state index in [-0.39, 0.29) is 5.91 Å². The lowest BCUT2D eigenvalue weighted by molar-refractivity contribution is 0.102. The summed E-state index contributed by atoms with van der Waals surface area (Å²) in [6, 6.07) is 22.6. The quantitative estimate of drug-likeness (QED) is 0.704. The first kappa shape index (κ1) is 15.8. The SMILES string of the molecule is Cc1ccc(C(=O)Nc2ccc(Oc3ccccc3)cc2)cc1C. The second-order valence-electron chi connectivity index (χ2n) is 5.69. The second kappa shape index (κ2) is 7.01. The van der Waals surface area contributed by atoms with Gasteiger partial charge in [0.2, 0.25) is 0 Å². The maximum atomic E-state index is 12.3. The van der Waals surface area contributed by atoms with Gasteiger partial charge in [0, 0.05) is 11.3 Å². The van der Waals surface area contributed by atoms with Crippen LogP contribution in [-0.2, 0) is 0 Å². The standard InChI is InChI=1S/C21H19NO2/c1-15-8-9-17(14-16(15)2)21(23)22-18-10-12-20(13-11-18)24-19-6-4-3-5-7-19/h3-14H,1-2H3,(H,22,23). The lowest BCUT2D eigenvalue weighted by Gasteiger charge is -2.09. The molecule has 120 valence electrons. The highest BCUT2D eigenvalue weighted by molar-refractivity contribution is 6.04. The monoisotopic (exact) mass is 317 g/mol. The van der Waals surface area contributed by atoms with Gasteiger partial charge in [-0.25, -0.2) is 0 Å². The number of rotatable bonds is 4. The van der Waals surface area contributed by atoms with Crippen LogP contribution in [0.25, 0.3) is 0 Å². The van der Waals surface area contributed by atoms with Crippen molar-refractivity contribution in [3.63, 3.8) is 0 Å². The van der Waals surface area contributed by atoms with Gasteiger partial charge in [0.05, 0.1) is 0 Å². The first-order valence-electron chi connectivity index (χ1n) is 7.83. The lowest BCUT2D eigenvalue weighted by Crippen LogP contribution is -2.12. The molecule has 0 saturated carbocycles. The predicted molar refractivity (Wildman–Crippen MR) is 96.8 cm³/mol. The largest absolute Gasteiger partial charge is 0.457 e. The number of hydrogen-bond acceptors (Lipinski definition) is 2. The third kappa shape index (κ3) is 3.82. The zero-order valence-electron chi connectivity index (χ0n) is 13.7. The number of carbonyl (C=O) groups excluding carboxylic acids is 1. The van der Waals surface area contributed by atoms with Gasteiger partial charge in [-0.15, -0.1) is 0 Å². The fraction of sp³-hybridized carbons (Fsp3) is 0.0952. The third-order valence-corrected chi connectivity index (χ3v) is 3.86. The van der Waals surface area contributed by atoms with E-state index in [1.54, 1.807) is 0 Å². The number of carbonyl (C=O) groups is 1. The van der Waals surface area contributed by atoms with E-state index in [0.717, 1.165) is 22.7 Å². The number of anilines is 1. The molecule has 0 saturated heterocycles. The van der Waals surface area contributed by atoms with E-state index in [0.29, 0.717) is 5.56 Å². The fourth-order valence-corrected chi connectivity index (χ4v) is 2.32. The van der Waals surface area contributed by atoms with Crippen LogP contribution in [0, 0.1) is 13.8 Å². The van der Waals surface area contributed by atoms with Gasteiger partial charge in [0.25, 0.3) is 5.91 Å². The average molecular weight is 317 g/mol. The Balaban J connectivity index is 1.67. The van der Waals surface area contributed by atoms with Crippen LogP contribution >= 0.6 is 0 Å². The Morgan fingerprint density at radius 2 is 1.46 bits per heavy atom. The third-order valence-electron chi connectivity index (χ3n) is 3.86. The van der Waals surface area contributed by atoms with E-state index in [4.69, 9.17) is 4.74 Å². The molecular weight excluding hydrogens is 298 g/mol. The summed E-state index contributed by atoms with van der Waals surface area (Å²) in [6.07, 6.45) is 0. The van der Waals surface area contributed by atoms with Crippen LogP contribution in [0.4, 0.5) is 5.69 Å². The summed E-state index contributed by atoms with van der Waals surface area (Å²) in [7, 11) is 0. The molecule has 0 aromatic heterocycles. The van der Waals surface area contributed by atoms with Gasteiger partial charge in [0.1, 0.15) is 11.5 Å². The van der Waals surface area contributed by atoms with E-state index in [9.17, 15) is 4.79 Å². The summed E-state index contributed by atoms with van der Waals surface area (Å²) in [5.74, 6) is 1.39. The Bertz CT molecular complexity index is 839. The van der Waals surface area contributed by atoms with Crippen molar-refractivity contribution in [1.29, 1.82) is 0 Å². The highest BCUT2D eigenvalue weighted by atomic mass is 16.5. The van der Waals surface area contributed by atoms with Crippen molar-refractivity contribution in [3.8, 4) is 11.5 Å². The number of nitrogens with one attached hydrogen (secondary N) is 1. The smallest absolute Gasteiger partial charge is 0.255 e. The average Bonchev–Trinajstić information content (AvgIpc) is 2.60. The minimum atomic E-state index is -0.116. The summed E-state index contributed by atoms with van der Waals surface area (Å²) in [6.45, 7) is 4.03. The van der Waals surface area contributed by atoms with Crippen molar-refractivity contribution in [2.24, 2.45) is 0 Å². The first-order chi connectivity index (χ1) is 11.6. The molecule has 24 heavy (non-hydrogen) atoms. The number of benzene rings is 3. The molecule has 0 unspecified atom stereocenters. The van der Waals surface area contributed by atoms with Crippen LogP contribution < -0.4 is 10.1 Å². The van der Waals surface area contributed by atoms with Gasteiger partial charge in [-0.3, -0.25) is 4.79 Å². The van der Waals surface area contributed by atoms with Crippen molar-refractivity contribution in [1.82, 2.24) is 0 Å². The van der Waals surface area contributed by atoms with Crippen LogP contribution in [-0.4, -0.2) is 5.91 Å². The molecule has 3 heteroatoms. The van der Waals surface area contributed by atoms with E-state index in [1.165, 1.54) is 5.56 Å². The van der Waals surface area contributed by atoms with Crippen molar-refractivity contribution in [2.45, 2.75) is 13.8 Å². The molecule has 0 radical (unpaired) electrons. The number of aryl methyl sites for hydroxylation is 2. The molecule has 0 aliphatic rings.